The van der Waals surface area contributed by atoms with Crippen molar-refractivity contribution >= 4 is 5.97 Å². The van der Waals surface area contributed by atoms with E-state index < -0.39 is 5.97 Å². The van der Waals surface area contributed by atoms with Crippen LogP contribution in [0, 0.1) is 5.92 Å². The Morgan fingerprint density at radius 3 is 2.95 bits per heavy atom. The van der Waals surface area contributed by atoms with Gasteiger partial charge < -0.3 is 9.84 Å². The Morgan fingerprint density at radius 2 is 2.32 bits per heavy atom. The van der Waals surface area contributed by atoms with Crippen molar-refractivity contribution < 1.29 is 14.6 Å². The first kappa shape index (κ1) is 14.0. The molecule has 19 heavy (non-hydrogen) atoms. The lowest BCUT2D eigenvalue weighted by molar-refractivity contribution is 0.0684. The highest BCUT2D eigenvalue weighted by Crippen LogP contribution is 2.34. The van der Waals surface area contributed by atoms with E-state index in [-0.39, 0.29) is 18.3 Å². The molecule has 1 saturated carbocycles. The monoisotopic (exact) mass is 267 g/mol. The Balaban J connectivity index is 2.25. The fourth-order valence-electron chi connectivity index (χ4n) is 2.90. The first-order chi connectivity index (χ1) is 9.17. The highest BCUT2D eigenvalue weighted by atomic mass is 16.5. The topological polar surface area (TPSA) is 77.2 Å². The van der Waals surface area contributed by atoms with Gasteiger partial charge in [0.05, 0.1) is 18.3 Å². The van der Waals surface area contributed by atoms with E-state index >= 15 is 0 Å². The summed E-state index contributed by atoms with van der Waals surface area (Å²) in [5, 5.41) is 17.0. The van der Waals surface area contributed by atoms with E-state index in [1.807, 2.05) is 0 Å². The van der Waals surface area contributed by atoms with Gasteiger partial charge >= 0.3 is 5.97 Å². The number of carboxylic acids is 1. The fraction of sp³-hybridized carbons (Fsp3) is 0.769. The van der Waals surface area contributed by atoms with Crippen LogP contribution < -0.4 is 0 Å². The van der Waals surface area contributed by atoms with Gasteiger partial charge in [-0.2, -0.15) is 0 Å². The van der Waals surface area contributed by atoms with Crippen molar-refractivity contribution in [3.8, 4) is 0 Å². The molecule has 1 aliphatic carbocycles. The predicted octanol–water partition coefficient (Wildman–Crippen LogP) is 2.26. The van der Waals surface area contributed by atoms with Crippen molar-refractivity contribution in [3.63, 3.8) is 0 Å². The number of aromatic nitrogens is 3. The van der Waals surface area contributed by atoms with E-state index in [1.54, 1.807) is 11.8 Å². The van der Waals surface area contributed by atoms with Gasteiger partial charge in [-0.3, -0.25) is 0 Å². The molecule has 1 aromatic heterocycles. The van der Waals surface area contributed by atoms with Crippen LogP contribution in [0.15, 0.2) is 0 Å². The summed E-state index contributed by atoms with van der Waals surface area (Å²) < 4.78 is 6.87. The third-order valence-corrected chi connectivity index (χ3v) is 3.95. The third kappa shape index (κ3) is 2.94. The van der Waals surface area contributed by atoms with Gasteiger partial charge in [-0.1, -0.05) is 31.4 Å². The Labute approximate surface area is 112 Å². The van der Waals surface area contributed by atoms with Crippen molar-refractivity contribution in [1.29, 1.82) is 0 Å². The van der Waals surface area contributed by atoms with Crippen molar-refractivity contribution in [3.05, 3.63) is 11.4 Å². The quantitative estimate of drug-likeness (QED) is 0.885. The molecule has 2 rings (SSSR count). The van der Waals surface area contributed by atoms with Crippen molar-refractivity contribution in [2.24, 2.45) is 5.92 Å². The number of nitrogens with zero attached hydrogens (tertiary/aromatic N) is 3. The van der Waals surface area contributed by atoms with Gasteiger partial charge in [-0.25, -0.2) is 9.48 Å². The maximum Gasteiger partial charge on any atom is 0.358 e. The van der Waals surface area contributed by atoms with Crippen LogP contribution in [0.5, 0.6) is 0 Å². The Bertz CT molecular complexity index is 444. The second kappa shape index (κ2) is 6.14. The van der Waals surface area contributed by atoms with E-state index in [0.29, 0.717) is 11.6 Å². The second-order valence-corrected chi connectivity index (χ2v) is 5.16. The molecule has 0 amide bonds. The zero-order chi connectivity index (χ0) is 13.8. The minimum Gasteiger partial charge on any atom is -0.476 e. The lowest BCUT2D eigenvalue weighted by Gasteiger charge is -2.29. The maximum atomic E-state index is 11.1. The Hall–Kier alpha value is -1.43. The number of rotatable bonds is 5. The summed E-state index contributed by atoms with van der Waals surface area (Å²) in [6.45, 7) is 2.44. The van der Waals surface area contributed by atoms with Crippen LogP contribution in [-0.4, -0.2) is 33.2 Å². The van der Waals surface area contributed by atoms with Gasteiger partial charge in [0.2, 0.25) is 0 Å². The van der Waals surface area contributed by atoms with Gasteiger partial charge in [-0.15, -0.1) is 5.10 Å². The number of carbonyl (C=O) groups is 1. The van der Waals surface area contributed by atoms with E-state index in [4.69, 9.17) is 9.84 Å². The van der Waals surface area contributed by atoms with Gasteiger partial charge in [-0.05, 0) is 18.8 Å². The van der Waals surface area contributed by atoms with Crippen molar-refractivity contribution in [1.82, 2.24) is 15.0 Å². The predicted molar refractivity (Wildman–Crippen MR) is 69.0 cm³/mol. The molecule has 6 nitrogen and oxygen atoms in total. The standard InChI is InChI=1S/C13H21N3O3/c1-3-9-5-4-6-10(7-9)16-11(8-19-2)12(13(17)18)14-15-16/h9-10H,3-8H2,1-2H3,(H,17,18). The van der Waals surface area contributed by atoms with E-state index in [1.165, 1.54) is 6.42 Å². The van der Waals surface area contributed by atoms with Crippen LogP contribution in [0.3, 0.4) is 0 Å². The molecular formula is C13H21N3O3. The first-order valence-electron chi connectivity index (χ1n) is 6.83. The molecule has 1 heterocycles. The average Bonchev–Trinajstić information content (AvgIpc) is 2.83. The smallest absolute Gasteiger partial charge is 0.358 e. The molecule has 0 bridgehead atoms. The molecule has 1 fully saturated rings. The van der Waals surface area contributed by atoms with Gasteiger partial charge in [0.15, 0.2) is 5.69 Å². The second-order valence-electron chi connectivity index (χ2n) is 5.16. The molecule has 0 radical (unpaired) electrons. The van der Waals surface area contributed by atoms with Gasteiger partial charge in [0.1, 0.15) is 0 Å². The minimum absolute atomic E-state index is 0.0143. The Morgan fingerprint density at radius 1 is 1.53 bits per heavy atom. The molecule has 0 aromatic carbocycles. The number of hydrogen-bond acceptors (Lipinski definition) is 4. The Kier molecular flexibility index (Phi) is 4.52. The minimum atomic E-state index is -1.04. The van der Waals surface area contributed by atoms with E-state index in [0.717, 1.165) is 25.7 Å². The largest absolute Gasteiger partial charge is 0.476 e. The summed E-state index contributed by atoms with van der Waals surface area (Å²) in [6, 6.07) is 0.254. The molecule has 0 aliphatic heterocycles. The van der Waals surface area contributed by atoms with E-state index in [2.05, 4.69) is 17.2 Å². The summed E-state index contributed by atoms with van der Waals surface area (Å²) >= 11 is 0. The summed E-state index contributed by atoms with van der Waals surface area (Å²) in [5.74, 6) is -0.340. The molecule has 1 aliphatic rings. The SMILES string of the molecule is CCC1CCCC(n2nnc(C(=O)O)c2COC)C1. The lowest BCUT2D eigenvalue weighted by atomic mass is 9.84. The van der Waals surface area contributed by atoms with Crippen LogP contribution in [-0.2, 0) is 11.3 Å². The third-order valence-electron chi connectivity index (χ3n) is 3.95. The molecule has 1 N–H and O–H groups in total. The highest BCUT2D eigenvalue weighted by molar-refractivity contribution is 5.86. The maximum absolute atomic E-state index is 11.1. The number of hydrogen-bond donors (Lipinski definition) is 1. The molecule has 1 aromatic rings. The molecule has 2 unspecified atom stereocenters. The van der Waals surface area contributed by atoms with Gasteiger partial charge in [0, 0.05) is 7.11 Å². The zero-order valence-electron chi connectivity index (χ0n) is 11.5. The van der Waals surface area contributed by atoms with Crippen LogP contribution in [0.1, 0.15) is 61.3 Å². The zero-order valence-corrected chi connectivity index (χ0v) is 11.5. The first-order valence-corrected chi connectivity index (χ1v) is 6.83. The number of methoxy groups -OCH3 is 1. The van der Waals surface area contributed by atoms with Crippen molar-refractivity contribution in [2.45, 2.75) is 51.7 Å². The van der Waals surface area contributed by atoms with Crippen LogP contribution in [0.4, 0.5) is 0 Å². The molecule has 2 atom stereocenters. The summed E-state index contributed by atoms with van der Waals surface area (Å²) in [5.41, 5.74) is 0.595. The fourth-order valence-corrected chi connectivity index (χ4v) is 2.90. The van der Waals surface area contributed by atoms with E-state index in [9.17, 15) is 4.79 Å². The summed E-state index contributed by atoms with van der Waals surface area (Å²) in [4.78, 5) is 11.1. The normalized spacial score (nSPS) is 23.5. The highest BCUT2D eigenvalue weighted by Gasteiger charge is 2.27. The molecule has 106 valence electrons. The molecule has 0 spiro atoms. The number of aromatic carboxylic acids is 1. The lowest BCUT2D eigenvalue weighted by Crippen LogP contribution is -2.22. The van der Waals surface area contributed by atoms with Crippen LogP contribution in [0.25, 0.3) is 0 Å². The molecular weight excluding hydrogens is 246 g/mol. The van der Waals surface area contributed by atoms with Crippen molar-refractivity contribution in [2.75, 3.05) is 7.11 Å². The van der Waals surface area contributed by atoms with Gasteiger partial charge in [0.25, 0.3) is 0 Å². The molecule has 0 saturated heterocycles. The van der Waals surface area contributed by atoms with Crippen LogP contribution in [0.2, 0.25) is 0 Å². The van der Waals surface area contributed by atoms with Crippen LogP contribution >= 0.6 is 0 Å². The molecule has 6 heteroatoms. The summed E-state index contributed by atoms with van der Waals surface area (Å²) in [6.07, 6.45) is 5.67. The summed E-state index contributed by atoms with van der Waals surface area (Å²) in [7, 11) is 1.55. The number of carboxylic acid groups (broad SMARTS) is 1. The average molecular weight is 267 g/mol. The number of ether oxygens (including phenoxy) is 1.